The van der Waals surface area contributed by atoms with Crippen LogP contribution >= 0.6 is 0 Å². The highest BCUT2D eigenvalue weighted by Crippen LogP contribution is 2.36. The third kappa shape index (κ3) is 5.26. The third-order valence-corrected chi connectivity index (χ3v) is 9.98. The first-order valence-electron chi connectivity index (χ1n) is 17.4. The Morgan fingerprint density at radius 1 is 0.231 bits per heavy atom. The van der Waals surface area contributed by atoms with E-state index < -0.39 is 0 Å². The van der Waals surface area contributed by atoms with E-state index in [9.17, 15) is 0 Å². The van der Waals surface area contributed by atoms with E-state index in [1.54, 1.807) is 0 Å². The van der Waals surface area contributed by atoms with E-state index in [0.29, 0.717) is 0 Å². The Labute approximate surface area is 300 Å². The van der Waals surface area contributed by atoms with Crippen LogP contribution in [0.15, 0.2) is 183 Å². The van der Waals surface area contributed by atoms with Crippen molar-refractivity contribution in [3.8, 4) is 55.6 Å². The summed E-state index contributed by atoms with van der Waals surface area (Å²) in [5, 5.41) is 4.31. The predicted octanol–water partition coefficient (Wildman–Crippen LogP) is 12.2. The average molecular weight is 663 g/mol. The molecule has 0 spiro atoms. The first-order chi connectivity index (χ1) is 25.7. The fourth-order valence-corrected chi connectivity index (χ4v) is 7.30. The Morgan fingerprint density at radius 3 is 0.962 bits per heavy atom. The molecule has 4 heterocycles. The first-order valence-corrected chi connectivity index (χ1v) is 17.4. The van der Waals surface area contributed by atoms with Crippen molar-refractivity contribution < 1.29 is 0 Å². The summed E-state index contributed by atoms with van der Waals surface area (Å²) >= 11 is 0. The molecule has 10 rings (SSSR count). The standard InChI is InChI=1S/C48H30N4/c1-3-9-31(10-4-1)39-23-35-19-20-37-25-41(29-51-46(37)45(35)49-27-39)33-15-17-34(18-16-33)43-13-7-8-14-44(43)42-26-38-22-21-36-24-40(32-11-5-2-6-12-32)28-50-47(36)48(38)52-30-42/h1-30H. The molecule has 0 saturated carbocycles. The lowest BCUT2D eigenvalue weighted by atomic mass is 9.93. The van der Waals surface area contributed by atoms with E-state index in [2.05, 4.69) is 146 Å². The summed E-state index contributed by atoms with van der Waals surface area (Å²) in [6.07, 6.45) is 7.82. The molecule has 4 heteroatoms. The van der Waals surface area contributed by atoms with Crippen LogP contribution in [0.25, 0.3) is 99.2 Å². The summed E-state index contributed by atoms with van der Waals surface area (Å²) in [7, 11) is 0. The second kappa shape index (κ2) is 12.4. The Hall–Kier alpha value is -7.04. The van der Waals surface area contributed by atoms with Crippen LogP contribution in [0.1, 0.15) is 0 Å². The number of nitrogens with zero attached hydrogens (tertiary/aromatic N) is 4. The average Bonchev–Trinajstić information content (AvgIpc) is 3.23. The Kier molecular flexibility index (Phi) is 7.10. The number of hydrogen-bond acceptors (Lipinski definition) is 4. The van der Waals surface area contributed by atoms with Gasteiger partial charge < -0.3 is 0 Å². The second-order valence-electron chi connectivity index (χ2n) is 13.2. The molecule has 4 nitrogen and oxygen atoms in total. The van der Waals surface area contributed by atoms with Crippen LogP contribution in [-0.2, 0) is 0 Å². The highest BCUT2D eigenvalue weighted by Gasteiger charge is 2.13. The van der Waals surface area contributed by atoms with Gasteiger partial charge in [-0.05, 0) is 57.6 Å². The van der Waals surface area contributed by atoms with Crippen molar-refractivity contribution >= 4 is 43.6 Å². The highest BCUT2D eigenvalue weighted by molar-refractivity contribution is 6.06. The van der Waals surface area contributed by atoms with Gasteiger partial charge in [0.25, 0.3) is 0 Å². The van der Waals surface area contributed by atoms with Crippen LogP contribution in [0.3, 0.4) is 0 Å². The molecular weight excluding hydrogens is 633 g/mol. The van der Waals surface area contributed by atoms with E-state index in [4.69, 9.17) is 19.9 Å². The molecule has 0 aliphatic rings. The van der Waals surface area contributed by atoms with Crippen LogP contribution in [0, 0.1) is 0 Å². The normalized spacial score (nSPS) is 11.5. The van der Waals surface area contributed by atoms with Crippen molar-refractivity contribution in [2.75, 3.05) is 0 Å². The van der Waals surface area contributed by atoms with Gasteiger partial charge in [-0.15, -0.1) is 0 Å². The molecule has 52 heavy (non-hydrogen) atoms. The van der Waals surface area contributed by atoms with E-state index in [0.717, 1.165) is 99.2 Å². The molecule has 6 aromatic carbocycles. The van der Waals surface area contributed by atoms with Gasteiger partial charge in [-0.25, -0.2) is 0 Å². The SMILES string of the molecule is c1ccc(-c2cnc3c(ccc4cc(-c5ccc(-c6ccccc6-c6cnc7c(ccc8cc(-c9ccccc9)cnc87)c6)cc5)cnc43)c2)cc1. The van der Waals surface area contributed by atoms with Gasteiger partial charge in [-0.1, -0.05) is 133 Å². The molecule has 0 fully saturated rings. The van der Waals surface area contributed by atoms with Crippen LogP contribution in [0.4, 0.5) is 0 Å². The zero-order valence-electron chi connectivity index (χ0n) is 28.1. The van der Waals surface area contributed by atoms with Crippen LogP contribution in [-0.4, -0.2) is 19.9 Å². The van der Waals surface area contributed by atoms with Crippen molar-refractivity contribution in [1.29, 1.82) is 0 Å². The molecule has 0 radical (unpaired) electrons. The Morgan fingerprint density at radius 2 is 0.538 bits per heavy atom. The summed E-state index contributed by atoms with van der Waals surface area (Å²) in [6, 6.07) is 55.4. The quantitative estimate of drug-likeness (QED) is 0.172. The maximum atomic E-state index is 4.96. The van der Waals surface area contributed by atoms with Crippen molar-refractivity contribution in [2.24, 2.45) is 0 Å². The molecular formula is C48H30N4. The van der Waals surface area contributed by atoms with Gasteiger partial charge in [0, 0.05) is 68.6 Å². The maximum Gasteiger partial charge on any atom is 0.0965 e. The summed E-state index contributed by atoms with van der Waals surface area (Å²) in [5.74, 6) is 0. The summed E-state index contributed by atoms with van der Waals surface area (Å²) < 4.78 is 0. The van der Waals surface area contributed by atoms with Gasteiger partial charge in [-0.2, -0.15) is 0 Å². The smallest absolute Gasteiger partial charge is 0.0965 e. The first kappa shape index (κ1) is 29.8. The zero-order chi connectivity index (χ0) is 34.4. The van der Waals surface area contributed by atoms with E-state index >= 15 is 0 Å². The minimum absolute atomic E-state index is 0.910. The molecule has 0 bridgehead atoms. The molecule has 0 N–H and O–H groups in total. The molecule has 4 aromatic heterocycles. The largest absolute Gasteiger partial charge is 0.253 e. The van der Waals surface area contributed by atoms with Crippen LogP contribution in [0.5, 0.6) is 0 Å². The lowest BCUT2D eigenvalue weighted by Gasteiger charge is -2.12. The fourth-order valence-electron chi connectivity index (χ4n) is 7.30. The van der Waals surface area contributed by atoms with Gasteiger partial charge in [0.1, 0.15) is 0 Å². The van der Waals surface area contributed by atoms with Crippen molar-refractivity contribution in [3.63, 3.8) is 0 Å². The predicted molar refractivity (Wildman–Crippen MR) is 215 cm³/mol. The molecule has 0 unspecified atom stereocenters. The molecule has 0 saturated heterocycles. The second-order valence-corrected chi connectivity index (χ2v) is 13.2. The molecule has 0 atom stereocenters. The Bertz CT molecular complexity index is 2940. The third-order valence-electron chi connectivity index (χ3n) is 9.98. The van der Waals surface area contributed by atoms with E-state index in [-0.39, 0.29) is 0 Å². The van der Waals surface area contributed by atoms with Gasteiger partial charge in [-0.3, -0.25) is 19.9 Å². The number of rotatable bonds is 5. The fraction of sp³-hybridized carbons (Fsp3) is 0. The minimum Gasteiger partial charge on any atom is -0.253 e. The molecule has 10 aromatic rings. The summed E-state index contributed by atoms with van der Waals surface area (Å²) in [6.45, 7) is 0. The highest BCUT2D eigenvalue weighted by atomic mass is 14.7. The van der Waals surface area contributed by atoms with Gasteiger partial charge in [0.2, 0.25) is 0 Å². The van der Waals surface area contributed by atoms with Crippen molar-refractivity contribution in [1.82, 2.24) is 19.9 Å². The lowest BCUT2D eigenvalue weighted by molar-refractivity contribution is 1.37. The lowest BCUT2D eigenvalue weighted by Crippen LogP contribution is -1.90. The van der Waals surface area contributed by atoms with Crippen molar-refractivity contribution in [3.05, 3.63) is 183 Å². The number of pyridine rings is 4. The Balaban J connectivity index is 0.954. The number of hydrogen-bond donors (Lipinski definition) is 0. The molecule has 0 aliphatic carbocycles. The molecule has 0 aliphatic heterocycles. The van der Waals surface area contributed by atoms with Gasteiger partial charge >= 0.3 is 0 Å². The summed E-state index contributed by atoms with van der Waals surface area (Å²) in [4.78, 5) is 19.6. The van der Waals surface area contributed by atoms with Crippen LogP contribution in [0.2, 0.25) is 0 Å². The van der Waals surface area contributed by atoms with Crippen molar-refractivity contribution in [2.45, 2.75) is 0 Å². The molecule has 242 valence electrons. The topological polar surface area (TPSA) is 51.6 Å². The number of fused-ring (bicyclic) bond motifs is 6. The molecule has 0 amide bonds. The summed E-state index contributed by atoms with van der Waals surface area (Å²) in [5.41, 5.74) is 14.9. The van der Waals surface area contributed by atoms with Gasteiger partial charge in [0.15, 0.2) is 0 Å². The number of aromatic nitrogens is 4. The van der Waals surface area contributed by atoms with Crippen LogP contribution < -0.4 is 0 Å². The van der Waals surface area contributed by atoms with Gasteiger partial charge in [0.05, 0.1) is 22.1 Å². The monoisotopic (exact) mass is 662 g/mol. The minimum atomic E-state index is 0.910. The van der Waals surface area contributed by atoms with E-state index in [1.807, 2.05) is 36.9 Å². The zero-order valence-corrected chi connectivity index (χ0v) is 28.1. The maximum absolute atomic E-state index is 4.96. The number of benzene rings is 6. The van der Waals surface area contributed by atoms with E-state index in [1.165, 1.54) is 0 Å².